The van der Waals surface area contributed by atoms with Gasteiger partial charge in [0.15, 0.2) is 5.78 Å². The fraction of sp³-hybridized carbons (Fsp3) is 0.688. The third-order valence-electron chi connectivity index (χ3n) is 4.14. The first kappa shape index (κ1) is 14.2. The molecule has 1 fully saturated rings. The Kier molecular flexibility index (Phi) is 4.33. The van der Waals surface area contributed by atoms with E-state index in [0.717, 1.165) is 36.2 Å². The van der Waals surface area contributed by atoms with Gasteiger partial charge in [-0.05, 0) is 50.5 Å². The van der Waals surface area contributed by atoms with Crippen LogP contribution in [0.15, 0.2) is 6.07 Å². The molecule has 1 heterocycles. The van der Waals surface area contributed by atoms with Gasteiger partial charge in [-0.3, -0.25) is 4.79 Å². The second kappa shape index (κ2) is 5.81. The maximum absolute atomic E-state index is 12.8. The molecule has 0 amide bonds. The van der Waals surface area contributed by atoms with E-state index in [4.69, 9.17) is 0 Å². The van der Waals surface area contributed by atoms with Crippen molar-refractivity contribution in [2.75, 3.05) is 0 Å². The Labute approximate surface area is 115 Å². The number of carbonyl (C=O) groups is 1. The average molecular weight is 260 g/mol. The molecule has 1 aromatic heterocycles. The highest BCUT2D eigenvalue weighted by Gasteiger charge is 2.30. The maximum atomic E-state index is 12.8. The van der Waals surface area contributed by atoms with Crippen LogP contribution in [-0.2, 0) is 6.42 Å². The number of hydrogen-bond acceptors (Lipinski definition) is 3. The summed E-state index contributed by atoms with van der Waals surface area (Å²) in [5, 5.41) is 8.25. The van der Waals surface area contributed by atoms with Gasteiger partial charge >= 0.3 is 0 Å². The highest BCUT2D eigenvalue weighted by Crippen LogP contribution is 2.35. The van der Waals surface area contributed by atoms with Crippen molar-refractivity contribution in [1.29, 1.82) is 0 Å². The van der Waals surface area contributed by atoms with E-state index in [9.17, 15) is 4.79 Å². The van der Waals surface area contributed by atoms with Crippen LogP contribution in [0.5, 0.6) is 0 Å². The third-order valence-corrected chi connectivity index (χ3v) is 4.14. The first-order chi connectivity index (χ1) is 9.01. The van der Waals surface area contributed by atoms with E-state index in [2.05, 4.69) is 24.0 Å². The Morgan fingerprint density at radius 1 is 1.21 bits per heavy atom. The molecular formula is C16H24N2O. The number of carbonyl (C=O) groups excluding carboxylic acids is 1. The SMILES string of the molecule is CCc1nnc(C)cc1C(=O)C1CC(C)CC(C)C1. The lowest BCUT2D eigenvalue weighted by atomic mass is 9.74. The molecule has 0 saturated heterocycles. The minimum absolute atomic E-state index is 0.174. The molecule has 3 nitrogen and oxygen atoms in total. The Balaban J connectivity index is 2.26. The van der Waals surface area contributed by atoms with Crippen molar-refractivity contribution in [3.05, 3.63) is 23.0 Å². The lowest BCUT2D eigenvalue weighted by Gasteiger charge is -2.30. The molecule has 2 rings (SSSR count). The molecule has 1 saturated carbocycles. The van der Waals surface area contributed by atoms with E-state index in [0.29, 0.717) is 11.8 Å². The fourth-order valence-corrected chi connectivity index (χ4v) is 3.37. The van der Waals surface area contributed by atoms with Gasteiger partial charge in [-0.15, -0.1) is 0 Å². The average Bonchev–Trinajstić information content (AvgIpc) is 2.36. The maximum Gasteiger partial charge on any atom is 0.167 e. The summed E-state index contributed by atoms with van der Waals surface area (Å²) in [4.78, 5) is 12.8. The monoisotopic (exact) mass is 260 g/mol. The second-order valence-corrected chi connectivity index (χ2v) is 6.18. The smallest absolute Gasteiger partial charge is 0.167 e. The van der Waals surface area contributed by atoms with Crippen molar-refractivity contribution < 1.29 is 4.79 Å². The van der Waals surface area contributed by atoms with Crippen molar-refractivity contribution >= 4 is 5.78 Å². The first-order valence-corrected chi connectivity index (χ1v) is 7.38. The first-order valence-electron chi connectivity index (χ1n) is 7.38. The largest absolute Gasteiger partial charge is 0.294 e. The summed E-state index contributed by atoms with van der Waals surface area (Å²) in [6, 6.07) is 1.91. The van der Waals surface area contributed by atoms with Crippen LogP contribution < -0.4 is 0 Å². The van der Waals surface area contributed by atoms with Crippen LogP contribution in [0.4, 0.5) is 0 Å². The number of hydrogen-bond donors (Lipinski definition) is 0. The van der Waals surface area contributed by atoms with Crippen molar-refractivity contribution in [3.63, 3.8) is 0 Å². The lowest BCUT2D eigenvalue weighted by Crippen LogP contribution is -2.27. The van der Waals surface area contributed by atoms with Crippen LogP contribution in [0.2, 0.25) is 0 Å². The van der Waals surface area contributed by atoms with Gasteiger partial charge < -0.3 is 0 Å². The molecule has 1 aliphatic rings. The molecule has 0 N–H and O–H groups in total. The summed E-state index contributed by atoms with van der Waals surface area (Å²) >= 11 is 0. The van der Waals surface area contributed by atoms with E-state index >= 15 is 0 Å². The number of aryl methyl sites for hydroxylation is 2. The van der Waals surface area contributed by atoms with Gasteiger partial charge in [0.1, 0.15) is 0 Å². The van der Waals surface area contributed by atoms with E-state index in [1.165, 1.54) is 6.42 Å². The van der Waals surface area contributed by atoms with Crippen LogP contribution >= 0.6 is 0 Å². The zero-order chi connectivity index (χ0) is 14.0. The van der Waals surface area contributed by atoms with Crippen molar-refractivity contribution in [1.82, 2.24) is 10.2 Å². The molecule has 1 aliphatic carbocycles. The van der Waals surface area contributed by atoms with Crippen molar-refractivity contribution in [2.24, 2.45) is 17.8 Å². The second-order valence-electron chi connectivity index (χ2n) is 6.18. The van der Waals surface area contributed by atoms with Crippen LogP contribution in [0.25, 0.3) is 0 Å². The predicted molar refractivity (Wildman–Crippen MR) is 76.1 cm³/mol. The molecule has 1 aromatic rings. The molecule has 2 atom stereocenters. The molecule has 0 aromatic carbocycles. The molecule has 0 spiro atoms. The Bertz CT molecular complexity index is 460. The van der Waals surface area contributed by atoms with Gasteiger partial charge in [0.2, 0.25) is 0 Å². The van der Waals surface area contributed by atoms with Gasteiger partial charge in [-0.2, -0.15) is 10.2 Å². The molecule has 2 unspecified atom stereocenters. The Morgan fingerprint density at radius 2 is 1.84 bits per heavy atom. The summed E-state index contributed by atoms with van der Waals surface area (Å²) in [5.41, 5.74) is 2.49. The standard InChI is InChI=1S/C16H24N2O/c1-5-15-14(9-12(4)17-18-15)16(19)13-7-10(2)6-11(3)8-13/h9-11,13H,5-8H2,1-4H3. The minimum Gasteiger partial charge on any atom is -0.294 e. The van der Waals surface area contributed by atoms with Crippen LogP contribution in [-0.4, -0.2) is 16.0 Å². The van der Waals surface area contributed by atoms with Gasteiger partial charge in [0.05, 0.1) is 11.4 Å². The van der Waals surface area contributed by atoms with Gasteiger partial charge in [0.25, 0.3) is 0 Å². The number of nitrogens with zero attached hydrogens (tertiary/aromatic N) is 2. The van der Waals surface area contributed by atoms with Crippen LogP contribution in [0.3, 0.4) is 0 Å². The number of Topliss-reactive ketones (excluding diaryl/α,β-unsaturated/α-hetero) is 1. The van der Waals surface area contributed by atoms with E-state index in [-0.39, 0.29) is 11.7 Å². The van der Waals surface area contributed by atoms with E-state index in [1.54, 1.807) is 0 Å². The van der Waals surface area contributed by atoms with Gasteiger partial charge in [-0.25, -0.2) is 0 Å². The highest BCUT2D eigenvalue weighted by molar-refractivity contribution is 5.98. The van der Waals surface area contributed by atoms with E-state index < -0.39 is 0 Å². The van der Waals surface area contributed by atoms with Gasteiger partial charge in [-0.1, -0.05) is 20.8 Å². The molecule has 0 bridgehead atoms. The van der Waals surface area contributed by atoms with E-state index in [1.807, 2.05) is 19.9 Å². The number of ketones is 1. The zero-order valence-corrected chi connectivity index (χ0v) is 12.4. The quantitative estimate of drug-likeness (QED) is 0.780. The predicted octanol–water partition coefficient (Wildman–Crippen LogP) is 3.60. The summed E-state index contributed by atoms with van der Waals surface area (Å²) in [6.45, 7) is 8.44. The topological polar surface area (TPSA) is 42.9 Å². The summed E-state index contributed by atoms with van der Waals surface area (Å²) in [6.07, 6.45) is 4.06. The van der Waals surface area contributed by atoms with Crippen LogP contribution in [0.1, 0.15) is 61.8 Å². The summed E-state index contributed by atoms with van der Waals surface area (Å²) in [7, 11) is 0. The zero-order valence-electron chi connectivity index (χ0n) is 12.4. The van der Waals surface area contributed by atoms with Gasteiger partial charge in [0, 0.05) is 11.5 Å². The van der Waals surface area contributed by atoms with Crippen molar-refractivity contribution in [3.8, 4) is 0 Å². The molecule has 104 valence electrons. The number of aromatic nitrogens is 2. The molecule has 19 heavy (non-hydrogen) atoms. The Hall–Kier alpha value is -1.25. The third kappa shape index (κ3) is 3.20. The fourth-order valence-electron chi connectivity index (χ4n) is 3.37. The summed E-state index contributed by atoms with van der Waals surface area (Å²) in [5.74, 6) is 1.76. The minimum atomic E-state index is 0.174. The number of rotatable bonds is 3. The molecule has 3 heteroatoms. The van der Waals surface area contributed by atoms with Crippen LogP contribution in [0, 0.1) is 24.7 Å². The molecular weight excluding hydrogens is 236 g/mol. The Morgan fingerprint density at radius 3 is 2.42 bits per heavy atom. The molecule has 0 aliphatic heterocycles. The normalized spacial score (nSPS) is 27.3. The lowest BCUT2D eigenvalue weighted by molar-refractivity contribution is 0.0834. The van der Waals surface area contributed by atoms with Crippen molar-refractivity contribution in [2.45, 2.75) is 53.4 Å². The summed E-state index contributed by atoms with van der Waals surface area (Å²) < 4.78 is 0. The highest BCUT2D eigenvalue weighted by atomic mass is 16.1. The molecule has 0 radical (unpaired) electrons.